The Morgan fingerprint density at radius 3 is 2.62 bits per heavy atom. The Balaban J connectivity index is 1.79. The fraction of sp³-hybridized carbons (Fsp3) is 0.100. The van der Waals surface area contributed by atoms with Gasteiger partial charge >= 0.3 is 0 Å². The van der Waals surface area contributed by atoms with E-state index < -0.39 is 0 Å². The van der Waals surface area contributed by atoms with Gasteiger partial charge in [-0.3, -0.25) is 0 Å². The quantitative estimate of drug-likeness (QED) is 0.582. The number of phenols is 1. The highest BCUT2D eigenvalue weighted by atomic mass is 16.5. The van der Waals surface area contributed by atoms with Gasteiger partial charge in [0, 0.05) is 18.8 Å². The highest BCUT2D eigenvalue weighted by Crippen LogP contribution is 2.31. The topological polar surface area (TPSA) is 72.2 Å². The summed E-state index contributed by atoms with van der Waals surface area (Å²) in [5.74, 6) is 1.75. The molecule has 2 N–H and O–H groups in total. The molecule has 2 aromatic carbocycles. The molecule has 2 aromatic heterocycles. The summed E-state index contributed by atoms with van der Waals surface area (Å²) in [6.45, 7) is 0. The zero-order valence-electron chi connectivity index (χ0n) is 14.5. The van der Waals surface area contributed by atoms with Gasteiger partial charge in [0.15, 0.2) is 0 Å². The molecule has 6 nitrogen and oxygen atoms in total. The normalized spacial score (nSPS) is 10.8. The van der Waals surface area contributed by atoms with Crippen molar-refractivity contribution < 1.29 is 9.84 Å². The number of methoxy groups -OCH3 is 1. The predicted molar refractivity (Wildman–Crippen MR) is 102 cm³/mol. The molecule has 0 radical (unpaired) electrons. The van der Waals surface area contributed by atoms with E-state index in [0.717, 1.165) is 39.5 Å². The lowest BCUT2D eigenvalue weighted by Crippen LogP contribution is -1.97. The molecule has 0 atom stereocenters. The largest absolute Gasteiger partial charge is 0.508 e. The van der Waals surface area contributed by atoms with Gasteiger partial charge in [0.1, 0.15) is 29.3 Å². The zero-order valence-corrected chi connectivity index (χ0v) is 14.5. The average Bonchev–Trinajstić information content (AvgIpc) is 3.01. The zero-order chi connectivity index (χ0) is 18.1. The maximum Gasteiger partial charge on any atom is 0.145 e. The van der Waals surface area contributed by atoms with Crippen LogP contribution in [0.1, 0.15) is 0 Å². The van der Waals surface area contributed by atoms with Crippen LogP contribution in [0.15, 0.2) is 60.9 Å². The molecule has 130 valence electrons. The van der Waals surface area contributed by atoms with Gasteiger partial charge in [0.05, 0.1) is 18.2 Å². The minimum absolute atomic E-state index is 0.243. The summed E-state index contributed by atoms with van der Waals surface area (Å²) < 4.78 is 7.29. The predicted octanol–water partition coefficient (Wildman–Crippen LogP) is 4.09. The number of aromatic hydroxyl groups is 1. The Morgan fingerprint density at radius 1 is 1.04 bits per heavy atom. The highest BCUT2D eigenvalue weighted by Gasteiger charge is 2.13. The van der Waals surface area contributed by atoms with Gasteiger partial charge in [-0.05, 0) is 48.0 Å². The molecule has 2 heterocycles. The smallest absolute Gasteiger partial charge is 0.145 e. The lowest BCUT2D eigenvalue weighted by Gasteiger charge is -2.08. The highest BCUT2D eigenvalue weighted by molar-refractivity contribution is 5.93. The van der Waals surface area contributed by atoms with Gasteiger partial charge in [0.2, 0.25) is 0 Å². The molecule has 26 heavy (non-hydrogen) atoms. The first-order valence-electron chi connectivity index (χ1n) is 8.16. The second kappa shape index (κ2) is 6.40. The van der Waals surface area contributed by atoms with Crippen LogP contribution in [-0.2, 0) is 7.05 Å². The first-order valence-corrected chi connectivity index (χ1v) is 8.16. The Bertz CT molecular complexity index is 1070. The summed E-state index contributed by atoms with van der Waals surface area (Å²) in [5.41, 5.74) is 3.71. The molecule has 6 heteroatoms. The lowest BCUT2D eigenvalue weighted by atomic mass is 10.1. The molecule has 0 saturated heterocycles. The summed E-state index contributed by atoms with van der Waals surface area (Å²) in [6, 6.07) is 16.8. The van der Waals surface area contributed by atoms with E-state index >= 15 is 0 Å². The van der Waals surface area contributed by atoms with Gasteiger partial charge in [-0.25, -0.2) is 9.97 Å². The van der Waals surface area contributed by atoms with E-state index in [1.807, 2.05) is 54.1 Å². The van der Waals surface area contributed by atoms with Crippen molar-refractivity contribution in [2.45, 2.75) is 0 Å². The molecular formula is C20H18N4O2. The molecule has 4 rings (SSSR count). The number of hydrogen-bond donors (Lipinski definition) is 2. The number of anilines is 2. The van der Waals surface area contributed by atoms with Crippen LogP contribution >= 0.6 is 0 Å². The van der Waals surface area contributed by atoms with E-state index in [0.29, 0.717) is 0 Å². The minimum atomic E-state index is 0.243. The van der Waals surface area contributed by atoms with Crippen LogP contribution in [-0.4, -0.2) is 26.8 Å². The number of aryl methyl sites for hydroxylation is 1. The summed E-state index contributed by atoms with van der Waals surface area (Å²) in [6.07, 6.45) is 1.55. The first kappa shape index (κ1) is 16.0. The van der Waals surface area contributed by atoms with Gasteiger partial charge in [-0.1, -0.05) is 6.07 Å². The Hall–Kier alpha value is -3.54. The second-order valence-electron chi connectivity index (χ2n) is 5.95. The number of ether oxygens (including phenoxy) is 1. The number of fused-ring (bicyclic) bond motifs is 1. The molecular weight excluding hydrogens is 328 g/mol. The van der Waals surface area contributed by atoms with E-state index in [-0.39, 0.29) is 5.75 Å². The molecule has 0 aliphatic rings. The Labute approximate surface area is 150 Å². The van der Waals surface area contributed by atoms with Gasteiger partial charge < -0.3 is 19.7 Å². The maximum absolute atomic E-state index is 9.51. The standard InChI is InChI=1S/C20H18N4O2/c1-24-18(13-6-8-15(25)9-7-13)11-17-19(21-12-22-20(17)24)23-14-4-3-5-16(10-14)26-2/h3-12,25H,1-2H3,(H,21,22,23). The molecule has 0 saturated carbocycles. The van der Waals surface area contributed by atoms with E-state index in [1.165, 1.54) is 0 Å². The van der Waals surface area contributed by atoms with Crippen molar-refractivity contribution in [3.05, 3.63) is 60.9 Å². The third kappa shape index (κ3) is 2.82. The van der Waals surface area contributed by atoms with Gasteiger partial charge in [-0.15, -0.1) is 0 Å². The molecule has 4 aromatic rings. The van der Waals surface area contributed by atoms with Crippen LogP contribution in [0.4, 0.5) is 11.5 Å². The van der Waals surface area contributed by atoms with Crippen LogP contribution in [0.2, 0.25) is 0 Å². The first-order chi connectivity index (χ1) is 12.7. The van der Waals surface area contributed by atoms with Crippen molar-refractivity contribution >= 4 is 22.5 Å². The number of rotatable bonds is 4. The molecule has 0 fully saturated rings. The van der Waals surface area contributed by atoms with E-state index in [4.69, 9.17) is 4.74 Å². The average molecular weight is 346 g/mol. The molecule has 0 bridgehead atoms. The Kier molecular flexibility index (Phi) is 3.93. The summed E-state index contributed by atoms with van der Waals surface area (Å²) in [4.78, 5) is 8.82. The minimum Gasteiger partial charge on any atom is -0.508 e. The number of phenolic OH excluding ortho intramolecular Hbond substituents is 1. The van der Waals surface area contributed by atoms with Crippen molar-refractivity contribution in [2.75, 3.05) is 12.4 Å². The number of nitrogens with zero attached hydrogens (tertiary/aromatic N) is 3. The van der Waals surface area contributed by atoms with Crippen LogP contribution in [0.25, 0.3) is 22.3 Å². The summed E-state index contributed by atoms with van der Waals surface area (Å²) >= 11 is 0. The summed E-state index contributed by atoms with van der Waals surface area (Å²) in [5, 5.41) is 13.8. The monoisotopic (exact) mass is 346 g/mol. The number of hydrogen-bond acceptors (Lipinski definition) is 5. The Morgan fingerprint density at radius 2 is 1.85 bits per heavy atom. The van der Waals surface area contributed by atoms with E-state index in [9.17, 15) is 5.11 Å². The van der Waals surface area contributed by atoms with Gasteiger partial charge in [-0.2, -0.15) is 0 Å². The molecule has 0 spiro atoms. The summed E-state index contributed by atoms with van der Waals surface area (Å²) in [7, 11) is 3.61. The van der Waals surface area contributed by atoms with Gasteiger partial charge in [0.25, 0.3) is 0 Å². The number of benzene rings is 2. The molecule has 0 amide bonds. The lowest BCUT2D eigenvalue weighted by molar-refractivity contribution is 0.415. The fourth-order valence-electron chi connectivity index (χ4n) is 2.98. The van der Waals surface area contributed by atoms with Crippen molar-refractivity contribution in [2.24, 2.45) is 7.05 Å². The molecule has 0 aliphatic carbocycles. The third-order valence-corrected chi connectivity index (χ3v) is 4.32. The maximum atomic E-state index is 9.51. The van der Waals surface area contributed by atoms with Crippen LogP contribution in [0.5, 0.6) is 11.5 Å². The molecule has 0 aliphatic heterocycles. The SMILES string of the molecule is COc1cccc(Nc2ncnc3c2cc(-c2ccc(O)cc2)n3C)c1. The van der Waals surface area contributed by atoms with E-state index in [1.54, 1.807) is 25.6 Å². The van der Waals surface area contributed by atoms with Crippen molar-refractivity contribution in [1.82, 2.24) is 14.5 Å². The molecule has 0 unspecified atom stereocenters. The number of nitrogens with one attached hydrogen (secondary N) is 1. The van der Waals surface area contributed by atoms with Crippen LogP contribution in [0.3, 0.4) is 0 Å². The second-order valence-corrected chi connectivity index (χ2v) is 5.95. The van der Waals surface area contributed by atoms with Crippen molar-refractivity contribution in [3.8, 4) is 22.8 Å². The van der Waals surface area contributed by atoms with Crippen molar-refractivity contribution in [1.29, 1.82) is 0 Å². The van der Waals surface area contributed by atoms with E-state index in [2.05, 4.69) is 15.3 Å². The fourth-order valence-corrected chi connectivity index (χ4v) is 2.98. The van der Waals surface area contributed by atoms with Crippen LogP contribution < -0.4 is 10.1 Å². The third-order valence-electron chi connectivity index (χ3n) is 4.32. The van der Waals surface area contributed by atoms with Crippen LogP contribution in [0, 0.1) is 0 Å². The number of aromatic nitrogens is 3. The van der Waals surface area contributed by atoms with Crippen molar-refractivity contribution in [3.63, 3.8) is 0 Å².